The van der Waals surface area contributed by atoms with Crippen LogP contribution in [-0.2, 0) is 0 Å². The Hall–Kier alpha value is -1.52. The lowest BCUT2D eigenvalue weighted by atomic mass is 9.93. The van der Waals surface area contributed by atoms with Crippen LogP contribution in [0.4, 0.5) is 10.5 Å². The summed E-state index contributed by atoms with van der Waals surface area (Å²) in [5.41, 5.74) is 0.746. The van der Waals surface area contributed by atoms with E-state index in [1.807, 2.05) is 37.2 Å². The second-order valence-corrected chi connectivity index (χ2v) is 7.67. The number of likely N-dealkylation sites (N-methyl/N-ethyl adjacent to an activating group) is 1. The molecule has 3 unspecified atom stereocenters. The van der Waals surface area contributed by atoms with Gasteiger partial charge in [0.1, 0.15) is 0 Å². The van der Waals surface area contributed by atoms with E-state index in [9.17, 15) is 4.79 Å². The van der Waals surface area contributed by atoms with Crippen LogP contribution in [0.2, 0.25) is 5.02 Å². The summed E-state index contributed by atoms with van der Waals surface area (Å²) in [5.74, 6) is 1.97. The van der Waals surface area contributed by atoms with Gasteiger partial charge in [0, 0.05) is 30.3 Å². The number of nitrogens with zero attached hydrogens (tertiary/aromatic N) is 2. The number of urea groups is 1. The molecule has 5 heteroatoms. The van der Waals surface area contributed by atoms with Crippen LogP contribution in [0.3, 0.4) is 0 Å². The van der Waals surface area contributed by atoms with E-state index in [1.165, 1.54) is 12.8 Å². The van der Waals surface area contributed by atoms with Crippen molar-refractivity contribution in [2.24, 2.45) is 17.8 Å². The molecule has 3 rings (SSSR count). The Morgan fingerprint density at radius 1 is 1.25 bits per heavy atom. The predicted molar refractivity (Wildman–Crippen MR) is 99.4 cm³/mol. The summed E-state index contributed by atoms with van der Waals surface area (Å²) < 4.78 is 0. The molecule has 2 aliphatic carbocycles. The van der Waals surface area contributed by atoms with Crippen molar-refractivity contribution in [3.8, 4) is 0 Å². The van der Waals surface area contributed by atoms with E-state index >= 15 is 0 Å². The van der Waals surface area contributed by atoms with E-state index in [-0.39, 0.29) is 6.03 Å². The number of carbonyl (C=O) groups is 1. The lowest BCUT2D eigenvalue weighted by molar-refractivity contribution is 0.188. The van der Waals surface area contributed by atoms with E-state index in [0.29, 0.717) is 16.9 Å². The monoisotopic (exact) mass is 347 g/mol. The molecule has 1 saturated carbocycles. The molecule has 1 aromatic rings. The molecule has 130 valence electrons. The molecule has 24 heavy (non-hydrogen) atoms. The number of carbonyl (C=O) groups excluding carboxylic acids is 1. The minimum absolute atomic E-state index is 0.0362. The Labute approximate surface area is 149 Å². The highest BCUT2D eigenvalue weighted by molar-refractivity contribution is 6.30. The average molecular weight is 348 g/mol. The first kappa shape index (κ1) is 17.3. The van der Waals surface area contributed by atoms with Crippen LogP contribution in [0.15, 0.2) is 36.4 Å². The summed E-state index contributed by atoms with van der Waals surface area (Å²) in [6, 6.07) is 7.27. The fourth-order valence-electron chi connectivity index (χ4n) is 3.75. The molecule has 0 aromatic heterocycles. The van der Waals surface area contributed by atoms with Crippen LogP contribution in [0.1, 0.15) is 12.8 Å². The number of anilines is 1. The van der Waals surface area contributed by atoms with Crippen molar-refractivity contribution < 1.29 is 4.79 Å². The van der Waals surface area contributed by atoms with E-state index in [2.05, 4.69) is 22.4 Å². The van der Waals surface area contributed by atoms with Crippen molar-refractivity contribution in [3.63, 3.8) is 0 Å². The molecule has 0 radical (unpaired) electrons. The molecule has 2 bridgehead atoms. The van der Waals surface area contributed by atoms with E-state index in [1.54, 1.807) is 6.07 Å². The third kappa shape index (κ3) is 4.31. The molecule has 2 amide bonds. The molecule has 0 heterocycles. The van der Waals surface area contributed by atoms with Gasteiger partial charge in [-0.25, -0.2) is 4.79 Å². The van der Waals surface area contributed by atoms with E-state index in [0.717, 1.165) is 31.2 Å². The number of hydrogen-bond acceptors (Lipinski definition) is 2. The van der Waals surface area contributed by atoms with Gasteiger partial charge in [-0.15, -0.1) is 0 Å². The fourth-order valence-corrected chi connectivity index (χ4v) is 3.94. The third-order valence-corrected chi connectivity index (χ3v) is 5.29. The van der Waals surface area contributed by atoms with Gasteiger partial charge in [0.2, 0.25) is 0 Å². The van der Waals surface area contributed by atoms with Crippen molar-refractivity contribution >= 4 is 23.3 Å². The van der Waals surface area contributed by atoms with E-state index in [4.69, 9.17) is 11.6 Å². The van der Waals surface area contributed by atoms with Crippen LogP contribution in [-0.4, -0.2) is 49.6 Å². The maximum Gasteiger partial charge on any atom is 0.321 e. The number of hydrogen-bond donors (Lipinski definition) is 1. The van der Waals surface area contributed by atoms with Crippen LogP contribution < -0.4 is 5.32 Å². The zero-order valence-corrected chi connectivity index (χ0v) is 15.2. The Morgan fingerprint density at radius 2 is 2.08 bits per heavy atom. The lowest BCUT2D eigenvalue weighted by Crippen LogP contribution is -2.42. The smallest absolute Gasteiger partial charge is 0.321 e. The molecule has 0 spiro atoms. The highest BCUT2D eigenvalue weighted by Gasteiger charge is 2.37. The second-order valence-electron chi connectivity index (χ2n) is 7.23. The Morgan fingerprint density at radius 3 is 2.71 bits per heavy atom. The summed E-state index contributed by atoms with van der Waals surface area (Å²) >= 11 is 6.01. The van der Waals surface area contributed by atoms with Gasteiger partial charge in [0.15, 0.2) is 0 Å². The normalized spacial score (nSPS) is 24.6. The standard InChI is InChI=1S/C19H26ClN3O/c1-22(2)8-9-23(13-16-11-14-6-7-15(16)10-14)19(24)21-18-5-3-4-17(20)12-18/h3-7,12,14-16H,8-11,13H2,1-2H3,(H,21,24). The topological polar surface area (TPSA) is 35.6 Å². The quantitative estimate of drug-likeness (QED) is 0.791. The van der Waals surface area contributed by atoms with Crippen molar-refractivity contribution in [3.05, 3.63) is 41.4 Å². The molecule has 1 aromatic carbocycles. The molecular formula is C19H26ClN3O. The largest absolute Gasteiger partial charge is 0.323 e. The first-order chi connectivity index (χ1) is 11.5. The number of allylic oxidation sites excluding steroid dienone is 2. The van der Waals surface area contributed by atoms with Crippen LogP contribution in [0.5, 0.6) is 0 Å². The van der Waals surface area contributed by atoms with Gasteiger partial charge in [0.05, 0.1) is 0 Å². The summed E-state index contributed by atoms with van der Waals surface area (Å²) in [5, 5.41) is 3.62. The molecular weight excluding hydrogens is 322 g/mol. The summed E-state index contributed by atoms with van der Waals surface area (Å²) in [4.78, 5) is 16.8. The van der Waals surface area contributed by atoms with Gasteiger partial charge in [0.25, 0.3) is 0 Å². The maximum absolute atomic E-state index is 12.8. The average Bonchev–Trinajstić information content (AvgIpc) is 3.13. The van der Waals surface area contributed by atoms with Gasteiger partial charge in [-0.3, -0.25) is 0 Å². The maximum atomic E-state index is 12.8. The Balaban J connectivity index is 1.64. The van der Waals surface area contributed by atoms with Crippen molar-refractivity contribution in [2.75, 3.05) is 39.0 Å². The lowest BCUT2D eigenvalue weighted by Gasteiger charge is -2.29. The molecule has 0 saturated heterocycles. The van der Waals surface area contributed by atoms with Crippen molar-refractivity contribution in [1.29, 1.82) is 0 Å². The zero-order valence-electron chi connectivity index (χ0n) is 14.4. The Bertz CT molecular complexity index is 616. The van der Waals surface area contributed by atoms with Gasteiger partial charge < -0.3 is 15.1 Å². The molecule has 4 nitrogen and oxygen atoms in total. The number of halogens is 1. The van der Waals surface area contributed by atoms with Crippen LogP contribution in [0, 0.1) is 17.8 Å². The number of benzene rings is 1. The number of fused-ring (bicyclic) bond motifs is 2. The molecule has 3 atom stereocenters. The zero-order chi connectivity index (χ0) is 17.1. The summed E-state index contributed by atoms with van der Waals surface area (Å²) in [6.45, 7) is 2.42. The summed E-state index contributed by atoms with van der Waals surface area (Å²) in [6.07, 6.45) is 7.17. The van der Waals surface area contributed by atoms with Crippen molar-refractivity contribution in [2.45, 2.75) is 12.8 Å². The molecule has 1 fully saturated rings. The van der Waals surface area contributed by atoms with Gasteiger partial charge in [-0.05, 0) is 62.9 Å². The van der Waals surface area contributed by atoms with Gasteiger partial charge >= 0.3 is 6.03 Å². The second kappa shape index (κ2) is 7.58. The highest BCUT2D eigenvalue weighted by Crippen LogP contribution is 2.43. The van der Waals surface area contributed by atoms with Gasteiger partial charge in [-0.2, -0.15) is 0 Å². The molecule has 2 aliphatic rings. The first-order valence-corrected chi connectivity index (χ1v) is 9.03. The molecule has 0 aliphatic heterocycles. The minimum atomic E-state index is -0.0362. The molecule has 1 N–H and O–H groups in total. The number of rotatable bonds is 6. The predicted octanol–water partition coefficient (Wildman–Crippen LogP) is 3.95. The highest BCUT2D eigenvalue weighted by atomic mass is 35.5. The fraction of sp³-hybridized carbons (Fsp3) is 0.526. The van der Waals surface area contributed by atoms with Crippen LogP contribution >= 0.6 is 11.6 Å². The minimum Gasteiger partial charge on any atom is -0.323 e. The number of amides is 2. The first-order valence-electron chi connectivity index (χ1n) is 8.66. The van der Waals surface area contributed by atoms with Crippen LogP contribution in [0.25, 0.3) is 0 Å². The van der Waals surface area contributed by atoms with Crippen molar-refractivity contribution in [1.82, 2.24) is 9.80 Å². The Kier molecular flexibility index (Phi) is 5.47. The number of nitrogens with one attached hydrogen (secondary N) is 1. The third-order valence-electron chi connectivity index (χ3n) is 5.05. The van der Waals surface area contributed by atoms with Gasteiger partial charge in [-0.1, -0.05) is 29.8 Å². The summed E-state index contributed by atoms with van der Waals surface area (Å²) in [7, 11) is 4.07. The SMILES string of the molecule is CN(C)CCN(CC1CC2C=CC1C2)C(=O)Nc1cccc(Cl)c1. The van der Waals surface area contributed by atoms with E-state index < -0.39 is 0 Å².